The van der Waals surface area contributed by atoms with Crippen molar-refractivity contribution in [3.63, 3.8) is 0 Å². The monoisotopic (exact) mass is 316 g/mol. The third-order valence-electron chi connectivity index (χ3n) is 2.26. The molecule has 18 heavy (non-hydrogen) atoms. The Labute approximate surface area is 110 Å². The Hall–Kier alpha value is -1.69. The molecule has 0 aromatic heterocycles. The van der Waals surface area contributed by atoms with Crippen molar-refractivity contribution in [2.24, 2.45) is 0 Å². The number of rotatable bonds is 2. The number of anilines is 3. The van der Waals surface area contributed by atoms with Gasteiger partial charge in [-0.05, 0) is 34.1 Å². The number of nitrogens with two attached hydrogens (primary N) is 1. The molecule has 6 heteroatoms. The molecule has 0 saturated carbocycles. The predicted molar refractivity (Wildman–Crippen MR) is 68.2 cm³/mol. The molecule has 2 aromatic carbocycles. The molecule has 3 N–H and O–H groups in total. The van der Waals surface area contributed by atoms with Crippen molar-refractivity contribution in [2.75, 3.05) is 11.1 Å². The summed E-state index contributed by atoms with van der Waals surface area (Å²) in [5.41, 5.74) is 6.78. The minimum atomic E-state index is -1.49. The van der Waals surface area contributed by atoms with Gasteiger partial charge in [-0.25, -0.2) is 13.2 Å². The maximum atomic E-state index is 13.0. The maximum absolute atomic E-state index is 13.0. The van der Waals surface area contributed by atoms with Gasteiger partial charge in [0.15, 0.2) is 17.5 Å². The van der Waals surface area contributed by atoms with E-state index in [1.54, 1.807) is 18.2 Å². The molecule has 0 spiro atoms. The van der Waals surface area contributed by atoms with Gasteiger partial charge in [0.05, 0.1) is 5.69 Å². The Morgan fingerprint density at radius 1 is 1.00 bits per heavy atom. The van der Waals surface area contributed by atoms with E-state index in [0.29, 0.717) is 15.8 Å². The zero-order valence-corrected chi connectivity index (χ0v) is 10.6. The first kappa shape index (κ1) is 12.8. The van der Waals surface area contributed by atoms with Crippen LogP contribution in [0.25, 0.3) is 0 Å². The van der Waals surface area contributed by atoms with E-state index in [-0.39, 0.29) is 5.69 Å². The summed E-state index contributed by atoms with van der Waals surface area (Å²) in [6, 6.07) is 6.66. The lowest BCUT2D eigenvalue weighted by molar-refractivity contribution is 0.448. The molecule has 0 aliphatic carbocycles. The number of benzene rings is 2. The lowest BCUT2D eigenvalue weighted by Crippen LogP contribution is -1.97. The Kier molecular flexibility index (Phi) is 3.47. The minimum Gasteiger partial charge on any atom is -0.399 e. The fraction of sp³-hybridized carbons (Fsp3) is 0. The van der Waals surface area contributed by atoms with Gasteiger partial charge in [-0.2, -0.15) is 0 Å². The van der Waals surface area contributed by atoms with Crippen molar-refractivity contribution in [1.82, 2.24) is 0 Å². The average Bonchev–Trinajstić information content (AvgIpc) is 2.29. The quantitative estimate of drug-likeness (QED) is 0.644. The van der Waals surface area contributed by atoms with Crippen molar-refractivity contribution >= 4 is 33.0 Å². The van der Waals surface area contributed by atoms with Crippen LogP contribution in [0.15, 0.2) is 34.8 Å². The van der Waals surface area contributed by atoms with Crippen LogP contribution in [-0.2, 0) is 0 Å². The molecule has 2 nitrogen and oxygen atoms in total. The van der Waals surface area contributed by atoms with Crippen molar-refractivity contribution in [2.45, 2.75) is 0 Å². The smallest absolute Gasteiger partial charge is 0.194 e. The highest BCUT2D eigenvalue weighted by Gasteiger charge is 2.11. The summed E-state index contributed by atoms with van der Waals surface area (Å²) in [5, 5.41) is 2.76. The molecule has 94 valence electrons. The van der Waals surface area contributed by atoms with Crippen LogP contribution in [0.3, 0.4) is 0 Å². The van der Waals surface area contributed by atoms with Crippen molar-refractivity contribution in [1.29, 1.82) is 0 Å². The summed E-state index contributed by atoms with van der Waals surface area (Å²) in [7, 11) is 0. The number of hydrogen-bond donors (Lipinski definition) is 2. The lowest BCUT2D eigenvalue weighted by Gasteiger charge is -2.10. The number of nitrogen functional groups attached to an aromatic ring is 1. The first-order valence-electron chi connectivity index (χ1n) is 4.94. The highest BCUT2D eigenvalue weighted by atomic mass is 79.9. The summed E-state index contributed by atoms with van der Waals surface area (Å²) < 4.78 is 39.5. The third-order valence-corrected chi connectivity index (χ3v) is 2.91. The third kappa shape index (κ3) is 2.59. The second-order valence-corrected chi connectivity index (χ2v) is 4.47. The minimum absolute atomic E-state index is 0.108. The molecular formula is C12H8BrF3N2. The van der Waals surface area contributed by atoms with Crippen LogP contribution < -0.4 is 11.1 Å². The number of nitrogens with one attached hydrogen (secondary N) is 1. The van der Waals surface area contributed by atoms with Gasteiger partial charge in [-0.3, -0.25) is 0 Å². The SMILES string of the molecule is Nc1ccc(Nc2cc(F)c(F)c(F)c2)c(Br)c1. The Balaban J connectivity index is 2.34. The van der Waals surface area contributed by atoms with E-state index in [4.69, 9.17) is 5.73 Å². The molecule has 0 unspecified atom stereocenters. The molecule has 0 aliphatic heterocycles. The molecule has 0 heterocycles. The summed E-state index contributed by atoms with van der Waals surface area (Å²) >= 11 is 3.25. The summed E-state index contributed by atoms with van der Waals surface area (Å²) in [6.45, 7) is 0. The Morgan fingerprint density at radius 3 is 2.17 bits per heavy atom. The molecule has 0 aliphatic rings. The fourth-order valence-corrected chi connectivity index (χ4v) is 1.91. The summed E-state index contributed by atoms with van der Waals surface area (Å²) in [6.07, 6.45) is 0. The Morgan fingerprint density at radius 2 is 1.61 bits per heavy atom. The normalized spacial score (nSPS) is 10.4. The number of hydrogen-bond acceptors (Lipinski definition) is 2. The predicted octanol–water partition coefficient (Wildman–Crippen LogP) is 4.19. The lowest BCUT2D eigenvalue weighted by atomic mass is 10.2. The van der Waals surface area contributed by atoms with Gasteiger partial charge in [-0.1, -0.05) is 0 Å². The van der Waals surface area contributed by atoms with E-state index in [2.05, 4.69) is 21.2 Å². The zero-order valence-electron chi connectivity index (χ0n) is 8.98. The molecule has 2 rings (SSSR count). The van der Waals surface area contributed by atoms with Gasteiger partial charge in [0.25, 0.3) is 0 Å². The standard InChI is InChI=1S/C12H8BrF3N2/c13-8-3-6(17)1-2-11(8)18-7-4-9(14)12(16)10(15)5-7/h1-5,18H,17H2. The second-order valence-electron chi connectivity index (χ2n) is 3.62. The van der Waals surface area contributed by atoms with Crippen LogP contribution in [0.2, 0.25) is 0 Å². The van der Waals surface area contributed by atoms with Crippen LogP contribution in [0.5, 0.6) is 0 Å². The van der Waals surface area contributed by atoms with Crippen molar-refractivity contribution < 1.29 is 13.2 Å². The average molecular weight is 317 g/mol. The van der Waals surface area contributed by atoms with Gasteiger partial charge < -0.3 is 11.1 Å². The van der Waals surface area contributed by atoms with Gasteiger partial charge in [-0.15, -0.1) is 0 Å². The van der Waals surface area contributed by atoms with Crippen molar-refractivity contribution in [3.05, 3.63) is 52.3 Å². The van der Waals surface area contributed by atoms with Crippen molar-refractivity contribution in [3.8, 4) is 0 Å². The highest BCUT2D eigenvalue weighted by molar-refractivity contribution is 9.10. The molecule has 2 aromatic rings. The van der Waals surface area contributed by atoms with Gasteiger partial charge in [0.1, 0.15) is 0 Å². The van der Waals surface area contributed by atoms with E-state index >= 15 is 0 Å². The van der Waals surface area contributed by atoms with Crippen LogP contribution in [0.1, 0.15) is 0 Å². The highest BCUT2D eigenvalue weighted by Crippen LogP contribution is 2.28. The first-order valence-corrected chi connectivity index (χ1v) is 5.73. The molecule has 0 radical (unpaired) electrons. The second kappa shape index (κ2) is 4.89. The fourth-order valence-electron chi connectivity index (χ4n) is 1.42. The summed E-state index contributed by atoms with van der Waals surface area (Å²) in [4.78, 5) is 0. The molecule has 0 atom stereocenters. The molecule has 0 bridgehead atoms. The van der Waals surface area contributed by atoms with E-state index in [1.165, 1.54) is 0 Å². The van der Waals surface area contributed by atoms with E-state index in [1.807, 2.05) is 0 Å². The van der Waals surface area contributed by atoms with Gasteiger partial charge in [0.2, 0.25) is 0 Å². The van der Waals surface area contributed by atoms with Crippen LogP contribution >= 0.6 is 15.9 Å². The largest absolute Gasteiger partial charge is 0.399 e. The van der Waals surface area contributed by atoms with E-state index in [9.17, 15) is 13.2 Å². The molecule has 0 amide bonds. The maximum Gasteiger partial charge on any atom is 0.194 e. The zero-order chi connectivity index (χ0) is 13.3. The summed E-state index contributed by atoms with van der Waals surface area (Å²) in [5.74, 6) is -3.98. The van der Waals surface area contributed by atoms with Gasteiger partial charge in [0, 0.05) is 28.0 Å². The van der Waals surface area contributed by atoms with Crippen LogP contribution in [-0.4, -0.2) is 0 Å². The molecule has 0 fully saturated rings. The van der Waals surface area contributed by atoms with Crippen LogP contribution in [0.4, 0.5) is 30.2 Å². The van der Waals surface area contributed by atoms with Gasteiger partial charge >= 0.3 is 0 Å². The van der Waals surface area contributed by atoms with Crippen LogP contribution in [0, 0.1) is 17.5 Å². The Bertz CT molecular complexity index is 579. The first-order chi connectivity index (χ1) is 8.47. The molecule has 0 saturated heterocycles. The molecular weight excluding hydrogens is 309 g/mol. The van der Waals surface area contributed by atoms with E-state index < -0.39 is 17.5 Å². The number of halogens is 4. The topological polar surface area (TPSA) is 38.0 Å². The van der Waals surface area contributed by atoms with E-state index in [0.717, 1.165) is 12.1 Å².